The number of nitrogens with zero attached hydrogens (tertiary/aromatic N) is 5. The molecule has 0 N–H and O–H groups in total. The molecule has 1 aliphatic heterocycles. The van der Waals surface area contributed by atoms with Crippen LogP contribution in [0.15, 0.2) is 151 Å². The first-order chi connectivity index (χ1) is 19.3. The van der Waals surface area contributed by atoms with Crippen LogP contribution in [-0.4, -0.2) is 21.0 Å². The molecule has 4 aromatic carbocycles. The summed E-state index contributed by atoms with van der Waals surface area (Å²) in [5.41, 5.74) is 5.65. The molecule has 0 fully saturated rings. The van der Waals surface area contributed by atoms with Crippen LogP contribution in [0.5, 0.6) is 5.75 Å². The highest BCUT2D eigenvalue weighted by Crippen LogP contribution is 2.40. The Bertz CT molecular complexity index is 1680. The van der Waals surface area contributed by atoms with Gasteiger partial charge in [0, 0.05) is 17.5 Å². The van der Waals surface area contributed by atoms with E-state index >= 15 is 0 Å². The normalized spacial score (nSPS) is 12.8. The number of aromatic nitrogens is 3. The van der Waals surface area contributed by atoms with Crippen molar-refractivity contribution in [2.45, 2.75) is 0 Å². The summed E-state index contributed by atoms with van der Waals surface area (Å²) in [4.78, 5) is 11.6. The van der Waals surface area contributed by atoms with Gasteiger partial charge in [-0.15, -0.1) is 5.10 Å². The average Bonchev–Trinajstić information content (AvgIpc) is 3.44. The average molecular weight is 508 g/mol. The molecule has 2 heterocycles. The Labute approximate surface area is 227 Å². The summed E-state index contributed by atoms with van der Waals surface area (Å²) in [6.07, 6.45) is 9.17. The van der Waals surface area contributed by atoms with E-state index < -0.39 is 0 Å². The van der Waals surface area contributed by atoms with Gasteiger partial charge in [0.25, 0.3) is 5.95 Å². The molecule has 188 valence electrons. The number of allylic oxidation sites excluding steroid dienone is 3. The first-order valence-electron chi connectivity index (χ1n) is 12.6. The van der Waals surface area contributed by atoms with Gasteiger partial charge in [-0.25, -0.2) is 4.99 Å². The second-order valence-electron chi connectivity index (χ2n) is 8.76. The van der Waals surface area contributed by atoms with Crippen molar-refractivity contribution >= 4 is 23.5 Å². The van der Waals surface area contributed by atoms with Gasteiger partial charge in [-0.3, -0.25) is 0 Å². The zero-order valence-corrected chi connectivity index (χ0v) is 21.1. The Balaban J connectivity index is 1.32. The standard InChI is InChI=1S/C33H25N5O/c1-2-3-14-29-24-39-31-18-11-10-17-30(31)37(29)27-21-19-25(20-22-27)23-34-33-35-32(26-12-6-4-7-13-26)36-38(33)28-15-8-5-9-16-28/h2-24H,1H2/b14-3-,34-23?. The van der Waals surface area contributed by atoms with Crippen molar-refractivity contribution in [1.29, 1.82) is 0 Å². The summed E-state index contributed by atoms with van der Waals surface area (Å²) in [5.74, 6) is 1.93. The Morgan fingerprint density at radius 1 is 0.769 bits per heavy atom. The lowest BCUT2D eigenvalue weighted by atomic mass is 10.1. The predicted molar refractivity (Wildman–Crippen MR) is 157 cm³/mol. The summed E-state index contributed by atoms with van der Waals surface area (Å²) in [5, 5.41) is 4.75. The van der Waals surface area contributed by atoms with E-state index in [1.807, 2.05) is 115 Å². The molecular formula is C33H25N5O. The molecule has 0 unspecified atom stereocenters. The minimum atomic E-state index is 0.506. The van der Waals surface area contributed by atoms with Crippen molar-refractivity contribution in [1.82, 2.24) is 14.8 Å². The van der Waals surface area contributed by atoms with Gasteiger partial charge in [-0.1, -0.05) is 91.5 Å². The lowest BCUT2D eigenvalue weighted by molar-refractivity contribution is 0.468. The van der Waals surface area contributed by atoms with E-state index in [0.717, 1.165) is 39.6 Å². The first-order valence-corrected chi connectivity index (χ1v) is 12.6. The minimum absolute atomic E-state index is 0.506. The molecule has 0 aliphatic carbocycles. The molecule has 0 amide bonds. The second-order valence-corrected chi connectivity index (χ2v) is 8.76. The lowest BCUT2D eigenvalue weighted by Crippen LogP contribution is -2.19. The van der Waals surface area contributed by atoms with Crippen molar-refractivity contribution in [3.63, 3.8) is 0 Å². The third-order valence-electron chi connectivity index (χ3n) is 6.18. The Morgan fingerprint density at radius 2 is 1.49 bits per heavy atom. The molecule has 39 heavy (non-hydrogen) atoms. The highest BCUT2D eigenvalue weighted by Gasteiger charge is 2.21. The zero-order valence-electron chi connectivity index (χ0n) is 21.1. The molecule has 1 aromatic heterocycles. The fraction of sp³-hybridized carbons (Fsp3) is 0. The van der Waals surface area contributed by atoms with Gasteiger partial charge < -0.3 is 9.64 Å². The topological polar surface area (TPSA) is 55.5 Å². The van der Waals surface area contributed by atoms with Crippen LogP contribution < -0.4 is 9.64 Å². The monoisotopic (exact) mass is 507 g/mol. The van der Waals surface area contributed by atoms with Crippen LogP contribution in [-0.2, 0) is 0 Å². The van der Waals surface area contributed by atoms with Gasteiger partial charge in [-0.05, 0) is 48.0 Å². The van der Waals surface area contributed by atoms with Crippen molar-refractivity contribution in [3.05, 3.63) is 152 Å². The third kappa shape index (κ3) is 5.04. The SMILES string of the molecule is C=C/C=C\C1=COc2ccccc2N1c1ccc(C=Nc2nc(-c3ccccc3)nn2-c2ccccc2)cc1. The van der Waals surface area contributed by atoms with Gasteiger partial charge >= 0.3 is 0 Å². The van der Waals surface area contributed by atoms with Crippen molar-refractivity contribution in [2.75, 3.05) is 4.90 Å². The van der Waals surface area contributed by atoms with E-state index in [1.165, 1.54) is 0 Å². The lowest BCUT2D eigenvalue weighted by Gasteiger charge is -2.30. The number of aliphatic imine (C=N–C) groups is 1. The van der Waals surface area contributed by atoms with Crippen molar-refractivity contribution < 1.29 is 4.74 Å². The van der Waals surface area contributed by atoms with Crippen LogP contribution in [0.25, 0.3) is 17.1 Å². The van der Waals surface area contributed by atoms with Gasteiger partial charge in [0.05, 0.1) is 17.1 Å². The Kier molecular flexibility index (Phi) is 6.65. The number of benzene rings is 4. The highest BCUT2D eigenvalue weighted by atomic mass is 16.5. The quantitative estimate of drug-likeness (QED) is 0.167. The molecule has 0 spiro atoms. The van der Waals surface area contributed by atoms with Gasteiger partial charge in [0.1, 0.15) is 6.26 Å². The fourth-order valence-corrected chi connectivity index (χ4v) is 4.31. The molecule has 0 bridgehead atoms. The van der Waals surface area contributed by atoms with Crippen molar-refractivity contribution in [2.24, 2.45) is 4.99 Å². The van der Waals surface area contributed by atoms with Crippen LogP contribution in [0, 0.1) is 0 Å². The molecular weight excluding hydrogens is 482 g/mol. The summed E-state index contributed by atoms with van der Waals surface area (Å²) >= 11 is 0. The highest BCUT2D eigenvalue weighted by molar-refractivity contribution is 5.84. The molecule has 6 rings (SSSR count). The van der Waals surface area contributed by atoms with E-state index in [4.69, 9.17) is 19.8 Å². The summed E-state index contributed by atoms with van der Waals surface area (Å²) in [7, 11) is 0. The number of fused-ring (bicyclic) bond motifs is 1. The van der Waals surface area contributed by atoms with E-state index in [9.17, 15) is 0 Å². The van der Waals surface area contributed by atoms with Gasteiger partial charge in [0.15, 0.2) is 11.6 Å². The number of hydrogen-bond donors (Lipinski definition) is 0. The van der Waals surface area contributed by atoms with Crippen LogP contribution in [0.3, 0.4) is 0 Å². The number of rotatable bonds is 7. The second kappa shape index (κ2) is 10.9. The number of ether oxygens (including phenoxy) is 1. The summed E-state index contributed by atoms with van der Waals surface area (Å²) in [6, 6.07) is 36.0. The molecule has 0 radical (unpaired) electrons. The molecule has 6 nitrogen and oxygen atoms in total. The largest absolute Gasteiger partial charge is 0.461 e. The van der Waals surface area contributed by atoms with Crippen LogP contribution in [0.2, 0.25) is 0 Å². The molecule has 6 heteroatoms. The predicted octanol–water partition coefficient (Wildman–Crippen LogP) is 7.80. The maximum atomic E-state index is 5.85. The van der Waals surface area contributed by atoms with E-state index in [0.29, 0.717) is 11.8 Å². The minimum Gasteiger partial charge on any atom is -0.461 e. The number of para-hydroxylation sites is 3. The third-order valence-corrected chi connectivity index (χ3v) is 6.18. The van der Waals surface area contributed by atoms with Crippen LogP contribution in [0.4, 0.5) is 17.3 Å². The van der Waals surface area contributed by atoms with Crippen LogP contribution >= 0.6 is 0 Å². The Hall–Kier alpha value is -5.49. The Morgan fingerprint density at radius 3 is 2.26 bits per heavy atom. The molecule has 0 atom stereocenters. The fourth-order valence-electron chi connectivity index (χ4n) is 4.31. The summed E-state index contributed by atoms with van der Waals surface area (Å²) < 4.78 is 7.62. The molecule has 5 aromatic rings. The van der Waals surface area contributed by atoms with Gasteiger partial charge in [-0.2, -0.15) is 9.67 Å². The molecule has 1 aliphatic rings. The molecule has 0 saturated heterocycles. The maximum absolute atomic E-state index is 5.85. The molecule has 0 saturated carbocycles. The van der Waals surface area contributed by atoms with Gasteiger partial charge in [0.2, 0.25) is 0 Å². The van der Waals surface area contributed by atoms with Crippen molar-refractivity contribution in [3.8, 4) is 22.8 Å². The number of hydrogen-bond acceptors (Lipinski definition) is 5. The van der Waals surface area contributed by atoms with E-state index in [1.54, 1.807) is 17.0 Å². The van der Waals surface area contributed by atoms with Crippen LogP contribution in [0.1, 0.15) is 5.56 Å². The number of anilines is 2. The maximum Gasteiger partial charge on any atom is 0.253 e. The summed E-state index contributed by atoms with van der Waals surface area (Å²) in [6.45, 7) is 3.79. The van der Waals surface area contributed by atoms with E-state index in [-0.39, 0.29) is 0 Å². The smallest absolute Gasteiger partial charge is 0.253 e. The zero-order chi connectivity index (χ0) is 26.4. The first kappa shape index (κ1) is 23.9. The van der Waals surface area contributed by atoms with E-state index in [2.05, 4.69) is 23.6 Å².